The number of fused-ring (bicyclic) bond motifs is 1. The maximum absolute atomic E-state index is 12.8. The van der Waals surface area contributed by atoms with Crippen molar-refractivity contribution in [2.75, 3.05) is 5.73 Å². The van der Waals surface area contributed by atoms with Crippen molar-refractivity contribution in [3.63, 3.8) is 0 Å². The van der Waals surface area contributed by atoms with Gasteiger partial charge in [0.25, 0.3) is 0 Å². The van der Waals surface area contributed by atoms with Crippen LogP contribution in [0.2, 0.25) is 0 Å². The molecule has 2 N–H and O–H groups in total. The maximum Gasteiger partial charge on any atom is 0.124 e. The van der Waals surface area contributed by atoms with Gasteiger partial charge in [-0.3, -0.25) is 0 Å². The van der Waals surface area contributed by atoms with E-state index in [0.29, 0.717) is 5.82 Å². The zero-order chi connectivity index (χ0) is 11.8. The molecule has 0 spiro atoms. The van der Waals surface area contributed by atoms with E-state index in [1.54, 1.807) is 35.3 Å². The summed E-state index contributed by atoms with van der Waals surface area (Å²) in [7, 11) is 0. The summed E-state index contributed by atoms with van der Waals surface area (Å²) < 4.78 is 14.5. The van der Waals surface area contributed by atoms with Crippen molar-refractivity contribution in [1.82, 2.24) is 14.8 Å². The molecular formula is C12H9FN4. The Morgan fingerprint density at radius 1 is 1.12 bits per heavy atom. The number of nitrogens with zero attached hydrogens (tertiary/aromatic N) is 3. The summed E-state index contributed by atoms with van der Waals surface area (Å²) in [5.74, 6) is 0.184. The zero-order valence-corrected chi connectivity index (χ0v) is 8.84. The Bertz CT molecular complexity index is 673. The van der Waals surface area contributed by atoms with Gasteiger partial charge < -0.3 is 5.73 Å². The lowest BCUT2D eigenvalue weighted by atomic mass is 10.3. The topological polar surface area (TPSA) is 56.7 Å². The summed E-state index contributed by atoms with van der Waals surface area (Å²) in [6, 6.07) is 7.87. The molecule has 0 unspecified atom stereocenters. The highest BCUT2D eigenvalue weighted by molar-refractivity contribution is 5.81. The zero-order valence-electron chi connectivity index (χ0n) is 8.84. The Morgan fingerprint density at radius 2 is 1.88 bits per heavy atom. The van der Waals surface area contributed by atoms with Crippen LogP contribution in [0.15, 0.2) is 42.7 Å². The minimum absolute atomic E-state index is 0.271. The van der Waals surface area contributed by atoms with Crippen molar-refractivity contribution >= 4 is 16.7 Å². The predicted octanol–water partition coefficient (Wildman–Crippen LogP) is 2.14. The molecular weight excluding hydrogens is 219 g/mol. The van der Waals surface area contributed by atoms with Gasteiger partial charge in [-0.15, -0.1) is 0 Å². The summed E-state index contributed by atoms with van der Waals surface area (Å²) in [5.41, 5.74) is 7.22. The van der Waals surface area contributed by atoms with Crippen LogP contribution in [0, 0.1) is 5.82 Å². The molecule has 84 valence electrons. The lowest BCUT2D eigenvalue weighted by Gasteiger charge is -2.02. The SMILES string of the molecule is Nc1cc2cnn(-c3ccc(F)cc3)c2cn1. The number of nitrogens with two attached hydrogens (primary N) is 1. The summed E-state index contributed by atoms with van der Waals surface area (Å²) in [5, 5.41) is 5.14. The van der Waals surface area contributed by atoms with Crippen LogP contribution in [-0.4, -0.2) is 14.8 Å². The molecule has 0 saturated heterocycles. The van der Waals surface area contributed by atoms with E-state index >= 15 is 0 Å². The molecule has 0 fully saturated rings. The maximum atomic E-state index is 12.8. The molecule has 0 bridgehead atoms. The molecule has 3 aromatic rings. The molecule has 0 radical (unpaired) electrons. The molecule has 5 heteroatoms. The number of nitrogen functional groups attached to an aromatic ring is 1. The Labute approximate surface area is 96.5 Å². The van der Waals surface area contributed by atoms with Gasteiger partial charge in [0.15, 0.2) is 0 Å². The summed E-state index contributed by atoms with van der Waals surface area (Å²) in [4.78, 5) is 4.03. The number of anilines is 1. The molecule has 0 aliphatic carbocycles. The Kier molecular flexibility index (Phi) is 2.04. The molecule has 0 amide bonds. The largest absolute Gasteiger partial charge is 0.384 e. The Balaban J connectivity index is 2.21. The monoisotopic (exact) mass is 228 g/mol. The average Bonchev–Trinajstić information content (AvgIpc) is 2.73. The molecule has 0 atom stereocenters. The van der Waals surface area contributed by atoms with Gasteiger partial charge in [-0.1, -0.05) is 0 Å². The highest BCUT2D eigenvalue weighted by Gasteiger charge is 2.05. The third-order valence-electron chi connectivity index (χ3n) is 2.55. The third-order valence-corrected chi connectivity index (χ3v) is 2.55. The van der Waals surface area contributed by atoms with Gasteiger partial charge in [0, 0.05) is 5.39 Å². The highest BCUT2D eigenvalue weighted by Crippen LogP contribution is 2.18. The van der Waals surface area contributed by atoms with Gasteiger partial charge in [-0.2, -0.15) is 5.10 Å². The second kappa shape index (κ2) is 3.55. The fraction of sp³-hybridized carbons (Fsp3) is 0. The van der Waals surface area contributed by atoms with Crippen LogP contribution in [0.5, 0.6) is 0 Å². The van der Waals surface area contributed by atoms with E-state index < -0.39 is 0 Å². The van der Waals surface area contributed by atoms with Crippen LogP contribution in [0.1, 0.15) is 0 Å². The van der Waals surface area contributed by atoms with Crippen LogP contribution in [0.25, 0.3) is 16.6 Å². The minimum atomic E-state index is -0.271. The summed E-state index contributed by atoms with van der Waals surface area (Å²) >= 11 is 0. The summed E-state index contributed by atoms with van der Waals surface area (Å²) in [6.07, 6.45) is 3.36. The Morgan fingerprint density at radius 3 is 2.65 bits per heavy atom. The molecule has 2 heterocycles. The van der Waals surface area contributed by atoms with Crippen LogP contribution < -0.4 is 5.73 Å². The first-order valence-electron chi connectivity index (χ1n) is 5.09. The normalized spacial score (nSPS) is 10.9. The van der Waals surface area contributed by atoms with Crippen molar-refractivity contribution in [3.05, 3.63) is 48.5 Å². The lowest BCUT2D eigenvalue weighted by molar-refractivity contribution is 0.627. The van der Waals surface area contributed by atoms with Crippen LogP contribution >= 0.6 is 0 Å². The molecule has 17 heavy (non-hydrogen) atoms. The number of halogens is 1. The first-order chi connectivity index (χ1) is 8.24. The number of hydrogen-bond acceptors (Lipinski definition) is 3. The third kappa shape index (κ3) is 1.61. The van der Waals surface area contributed by atoms with Crippen molar-refractivity contribution in [1.29, 1.82) is 0 Å². The van der Waals surface area contributed by atoms with Gasteiger partial charge in [0.05, 0.1) is 23.6 Å². The first kappa shape index (κ1) is 9.77. The first-order valence-corrected chi connectivity index (χ1v) is 5.09. The molecule has 3 rings (SSSR count). The molecule has 2 aromatic heterocycles. The van der Waals surface area contributed by atoms with Crippen molar-refractivity contribution in [3.8, 4) is 5.69 Å². The van der Waals surface area contributed by atoms with Crippen LogP contribution in [-0.2, 0) is 0 Å². The van der Waals surface area contributed by atoms with E-state index in [1.165, 1.54) is 12.1 Å². The minimum Gasteiger partial charge on any atom is -0.384 e. The molecule has 0 saturated carbocycles. The van der Waals surface area contributed by atoms with E-state index in [-0.39, 0.29) is 5.82 Å². The second-order valence-electron chi connectivity index (χ2n) is 3.70. The molecule has 4 nitrogen and oxygen atoms in total. The van der Waals surface area contributed by atoms with E-state index in [0.717, 1.165) is 16.6 Å². The lowest BCUT2D eigenvalue weighted by Crippen LogP contribution is -1.96. The smallest absolute Gasteiger partial charge is 0.124 e. The molecule has 0 aliphatic rings. The van der Waals surface area contributed by atoms with Crippen molar-refractivity contribution < 1.29 is 4.39 Å². The summed E-state index contributed by atoms with van der Waals surface area (Å²) in [6.45, 7) is 0. The van der Waals surface area contributed by atoms with Crippen LogP contribution in [0.3, 0.4) is 0 Å². The number of hydrogen-bond donors (Lipinski definition) is 1. The average molecular weight is 228 g/mol. The quantitative estimate of drug-likeness (QED) is 0.694. The Hall–Kier alpha value is -2.43. The van der Waals surface area contributed by atoms with Crippen molar-refractivity contribution in [2.24, 2.45) is 0 Å². The van der Waals surface area contributed by atoms with Crippen LogP contribution in [0.4, 0.5) is 10.2 Å². The standard InChI is InChI=1S/C12H9FN4/c13-9-1-3-10(4-2-9)17-11-7-15-12(14)5-8(11)6-16-17/h1-7H,(H2,14,15). The van der Waals surface area contributed by atoms with E-state index in [2.05, 4.69) is 10.1 Å². The van der Waals surface area contributed by atoms with Gasteiger partial charge >= 0.3 is 0 Å². The van der Waals surface area contributed by atoms with Gasteiger partial charge in [-0.05, 0) is 30.3 Å². The van der Waals surface area contributed by atoms with E-state index in [4.69, 9.17) is 5.73 Å². The number of benzene rings is 1. The van der Waals surface area contributed by atoms with Crippen molar-refractivity contribution in [2.45, 2.75) is 0 Å². The second-order valence-corrected chi connectivity index (χ2v) is 3.70. The predicted molar refractivity (Wildman–Crippen MR) is 63.2 cm³/mol. The van der Waals surface area contributed by atoms with Gasteiger partial charge in [0.1, 0.15) is 11.6 Å². The van der Waals surface area contributed by atoms with Gasteiger partial charge in [-0.25, -0.2) is 14.1 Å². The van der Waals surface area contributed by atoms with Gasteiger partial charge in [0.2, 0.25) is 0 Å². The fourth-order valence-electron chi connectivity index (χ4n) is 1.73. The van der Waals surface area contributed by atoms with E-state index in [9.17, 15) is 4.39 Å². The highest BCUT2D eigenvalue weighted by atomic mass is 19.1. The number of aromatic nitrogens is 3. The fourth-order valence-corrected chi connectivity index (χ4v) is 1.73. The van der Waals surface area contributed by atoms with E-state index in [1.807, 2.05) is 0 Å². The number of rotatable bonds is 1. The molecule has 1 aromatic carbocycles. The molecule has 0 aliphatic heterocycles. The number of pyridine rings is 1.